The zero-order valence-corrected chi connectivity index (χ0v) is 13.6. The van der Waals surface area contributed by atoms with Gasteiger partial charge in [0.15, 0.2) is 0 Å². The summed E-state index contributed by atoms with van der Waals surface area (Å²) in [5, 5.41) is 2.50. The number of esters is 1. The normalized spacial score (nSPS) is 21.3. The molecule has 0 amide bonds. The maximum atomic E-state index is 12.1. The van der Waals surface area contributed by atoms with E-state index in [-0.39, 0.29) is 5.97 Å². The highest BCUT2D eigenvalue weighted by Gasteiger charge is 2.42. The minimum atomic E-state index is -0.476. The molecule has 116 valence electrons. The van der Waals surface area contributed by atoms with Gasteiger partial charge in [0.05, 0.1) is 12.0 Å². The quantitative estimate of drug-likeness (QED) is 0.639. The molecule has 2 heterocycles. The second kappa shape index (κ2) is 5.76. The van der Waals surface area contributed by atoms with Crippen molar-refractivity contribution in [2.75, 3.05) is 24.6 Å². The number of hydrogen-bond acceptors (Lipinski definition) is 4. The highest BCUT2D eigenvalue weighted by molar-refractivity contribution is 6.34. The Hall–Kier alpha value is -1.81. The van der Waals surface area contributed by atoms with E-state index in [2.05, 4.69) is 9.88 Å². The molecule has 0 radical (unpaired) electrons. The van der Waals surface area contributed by atoms with Crippen molar-refractivity contribution >= 4 is 34.2 Å². The minimum Gasteiger partial charge on any atom is -0.466 e. The van der Waals surface area contributed by atoms with Crippen molar-refractivity contribution in [2.45, 2.75) is 20.3 Å². The number of benzene rings is 1. The summed E-state index contributed by atoms with van der Waals surface area (Å²) < 4.78 is 5.19. The number of aromatic nitrogens is 1. The third kappa shape index (κ3) is 2.63. The first-order chi connectivity index (χ1) is 10.5. The molecule has 0 spiro atoms. The van der Waals surface area contributed by atoms with Crippen LogP contribution < -0.4 is 4.90 Å². The van der Waals surface area contributed by atoms with Crippen LogP contribution in [0.15, 0.2) is 30.3 Å². The van der Waals surface area contributed by atoms with Crippen molar-refractivity contribution < 1.29 is 9.53 Å². The van der Waals surface area contributed by atoms with E-state index < -0.39 is 5.41 Å². The van der Waals surface area contributed by atoms with Gasteiger partial charge in [0.25, 0.3) is 0 Å². The van der Waals surface area contributed by atoms with Crippen LogP contribution in [0.3, 0.4) is 0 Å². The molecule has 1 aliphatic rings. The van der Waals surface area contributed by atoms with Crippen molar-refractivity contribution in [3.05, 3.63) is 35.5 Å². The predicted octanol–water partition coefficient (Wildman–Crippen LogP) is 3.67. The number of nitrogens with zero attached hydrogens (tertiary/aromatic N) is 2. The molecular weight excluding hydrogens is 300 g/mol. The zero-order valence-electron chi connectivity index (χ0n) is 12.8. The van der Waals surface area contributed by atoms with Gasteiger partial charge < -0.3 is 9.64 Å². The molecule has 1 fully saturated rings. The Morgan fingerprint density at radius 1 is 1.45 bits per heavy atom. The first-order valence-corrected chi connectivity index (χ1v) is 7.89. The number of carbonyl (C=O) groups is 1. The van der Waals surface area contributed by atoms with Crippen molar-refractivity contribution in [1.29, 1.82) is 0 Å². The lowest BCUT2D eigenvalue weighted by atomic mass is 9.90. The number of anilines is 1. The largest absolute Gasteiger partial charge is 0.466 e. The molecule has 0 N–H and O–H groups in total. The standard InChI is InChI=1S/C17H19ClN2O2/c1-3-22-16(21)17(2)8-9-20(11-17)14-10-12-6-4-5-7-13(12)15(18)19-14/h4-7,10H,3,8-9,11H2,1-2H3. The topological polar surface area (TPSA) is 42.4 Å². The second-order valence-corrected chi connectivity index (χ2v) is 6.30. The lowest BCUT2D eigenvalue weighted by Gasteiger charge is -2.23. The Labute approximate surface area is 135 Å². The highest BCUT2D eigenvalue weighted by Crippen LogP contribution is 2.35. The molecule has 5 heteroatoms. The molecular formula is C17H19ClN2O2. The Kier molecular flexibility index (Phi) is 3.96. The second-order valence-electron chi connectivity index (χ2n) is 5.95. The molecule has 3 rings (SSSR count). The molecule has 4 nitrogen and oxygen atoms in total. The summed E-state index contributed by atoms with van der Waals surface area (Å²) >= 11 is 6.29. The van der Waals surface area contributed by atoms with E-state index in [0.717, 1.165) is 29.6 Å². The first kappa shape index (κ1) is 15.1. The smallest absolute Gasteiger partial charge is 0.313 e. The molecule has 0 saturated carbocycles. The molecule has 1 aromatic carbocycles. The number of ether oxygens (including phenoxy) is 1. The van der Waals surface area contributed by atoms with Gasteiger partial charge in [-0.25, -0.2) is 4.98 Å². The van der Waals surface area contributed by atoms with Crippen LogP contribution in [0.5, 0.6) is 0 Å². The summed E-state index contributed by atoms with van der Waals surface area (Å²) in [6.07, 6.45) is 0.762. The first-order valence-electron chi connectivity index (χ1n) is 7.51. The highest BCUT2D eigenvalue weighted by atomic mass is 35.5. The third-order valence-electron chi connectivity index (χ3n) is 4.25. The summed E-state index contributed by atoms with van der Waals surface area (Å²) in [5.41, 5.74) is -0.476. The van der Waals surface area contributed by atoms with Gasteiger partial charge in [-0.15, -0.1) is 0 Å². The zero-order chi connectivity index (χ0) is 15.7. The van der Waals surface area contributed by atoms with Crippen LogP contribution in [0, 0.1) is 5.41 Å². The molecule has 1 aliphatic heterocycles. The molecule has 1 saturated heterocycles. The maximum absolute atomic E-state index is 12.1. The number of rotatable bonds is 3. The Morgan fingerprint density at radius 3 is 3.00 bits per heavy atom. The average molecular weight is 319 g/mol. The van der Waals surface area contributed by atoms with Gasteiger partial charge in [-0.05, 0) is 31.7 Å². The molecule has 0 aliphatic carbocycles. The van der Waals surface area contributed by atoms with Crippen LogP contribution in [0.1, 0.15) is 20.3 Å². The van der Waals surface area contributed by atoms with Crippen LogP contribution in [-0.4, -0.2) is 30.6 Å². The number of carbonyl (C=O) groups excluding carboxylic acids is 1. The molecule has 1 unspecified atom stereocenters. The number of hydrogen-bond donors (Lipinski definition) is 0. The van der Waals surface area contributed by atoms with Crippen LogP contribution in [0.25, 0.3) is 10.8 Å². The Balaban J connectivity index is 1.88. The molecule has 1 aromatic heterocycles. The van der Waals surface area contributed by atoms with Gasteiger partial charge in [-0.2, -0.15) is 0 Å². The van der Waals surface area contributed by atoms with E-state index in [9.17, 15) is 4.79 Å². The maximum Gasteiger partial charge on any atom is 0.313 e. The third-order valence-corrected chi connectivity index (χ3v) is 4.53. The molecule has 0 bridgehead atoms. The molecule has 22 heavy (non-hydrogen) atoms. The summed E-state index contributed by atoms with van der Waals surface area (Å²) in [4.78, 5) is 18.7. The van der Waals surface area contributed by atoms with E-state index in [1.54, 1.807) is 0 Å². The predicted molar refractivity (Wildman–Crippen MR) is 88.3 cm³/mol. The van der Waals surface area contributed by atoms with Gasteiger partial charge in [0.1, 0.15) is 11.0 Å². The summed E-state index contributed by atoms with van der Waals surface area (Å²) in [6.45, 7) is 5.57. The summed E-state index contributed by atoms with van der Waals surface area (Å²) in [5.74, 6) is 0.682. The monoisotopic (exact) mass is 318 g/mol. The van der Waals surface area contributed by atoms with Crippen LogP contribution in [-0.2, 0) is 9.53 Å². The van der Waals surface area contributed by atoms with Crippen LogP contribution in [0.2, 0.25) is 5.15 Å². The molecule has 1 atom stereocenters. The Morgan fingerprint density at radius 2 is 2.23 bits per heavy atom. The van der Waals surface area contributed by atoms with Crippen LogP contribution in [0.4, 0.5) is 5.82 Å². The van der Waals surface area contributed by atoms with Crippen LogP contribution >= 0.6 is 11.6 Å². The van der Waals surface area contributed by atoms with Gasteiger partial charge in [-0.3, -0.25) is 4.79 Å². The fourth-order valence-electron chi connectivity index (χ4n) is 2.93. The van der Waals surface area contributed by atoms with Gasteiger partial charge >= 0.3 is 5.97 Å². The number of halogens is 1. The minimum absolute atomic E-state index is 0.135. The number of fused-ring (bicyclic) bond motifs is 1. The Bertz CT molecular complexity index is 719. The fourth-order valence-corrected chi connectivity index (χ4v) is 3.19. The van der Waals surface area contributed by atoms with Crippen molar-refractivity contribution in [3.63, 3.8) is 0 Å². The lowest BCUT2D eigenvalue weighted by Crippen LogP contribution is -2.33. The average Bonchev–Trinajstić information content (AvgIpc) is 2.91. The van der Waals surface area contributed by atoms with E-state index in [0.29, 0.717) is 18.3 Å². The number of pyridine rings is 1. The van der Waals surface area contributed by atoms with Crippen molar-refractivity contribution in [3.8, 4) is 0 Å². The van der Waals surface area contributed by atoms with E-state index >= 15 is 0 Å². The fraction of sp³-hybridized carbons (Fsp3) is 0.412. The lowest BCUT2D eigenvalue weighted by molar-refractivity contribution is -0.153. The van der Waals surface area contributed by atoms with E-state index in [1.165, 1.54) is 0 Å². The van der Waals surface area contributed by atoms with Crippen molar-refractivity contribution in [1.82, 2.24) is 4.98 Å². The molecule has 2 aromatic rings. The summed E-state index contributed by atoms with van der Waals surface area (Å²) in [7, 11) is 0. The van der Waals surface area contributed by atoms with Gasteiger partial charge in [0, 0.05) is 18.5 Å². The SMILES string of the molecule is CCOC(=O)C1(C)CCN(c2cc3ccccc3c(Cl)n2)C1. The van der Waals surface area contributed by atoms with Gasteiger partial charge in [-0.1, -0.05) is 35.9 Å². The van der Waals surface area contributed by atoms with Gasteiger partial charge in [0.2, 0.25) is 0 Å². The van der Waals surface area contributed by atoms with E-state index in [1.807, 2.05) is 44.2 Å². The van der Waals surface area contributed by atoms with E-state index in [4.69, 9.17) is 16.3 Å². The summed E-state index contributed by atoms with van der Waals surface area (Å²) in [6, 6.07) is 9.94. The van der Waals surface area contributed by atoms with Crippen molar-refractivity contribution in [2.24, 2.45) is 5.41 Å².